The molecule has 350 valence electrons. The van der Waals surface area contributed by atoms with Crippen molar-refractivity contribution in [2.45, 2.75) is 175 Å². The van der Waals surface area contributed by atoms with E-state index in [1.807, 2.05) is 86.6 Å². The van der Waals surface area contributed by atoms with E-state index in [9.17, 15) is 29.8 Å². The van der Waals surface area contributed by atoms with E-state index >= 15 is 0 Å². The van der Waals surface area contributed by atoms with E-state index < -0.39 is 36.2 Å². The molecule has 16 nitrogen and oxygen atoms in total. The number of hydrogen-bond acceptors (Lipinski definition) is 15. The molecule has 0 spiro atoms. The van der Waals surface area contributed by atoms with Gasteiger partial charge in [0.1, 0.15) is 0 Å². The Kier molecular flexibility index (Phi) is 26.5. The fourth-order valence-corrected chi connectivity index (χ4v) is 9.53. The van der Waals surface area contributed by atoms with Crippen molar-refractivity contribution in [1.82, 2.24) is 0 Å². The molecule has 0 amide bonds. The minimum atomic E-state index is -0.862. The van der Waals surface area contributed by atoms with Gasteiger partial charge in [-0.05, 0) is 75.5 Å². The third kappa shape index (κ3) is 18.2. The summed E-state index contributed by atoms with van der Waals surface area (Å²) in [7, 11) is 0. The van der Waals surface area contributed by atoms with Gasteiger partial charge in [-0.1, -0.05) is 86.9 Å². The van der Waals surface area contributed by atoms with Crippen molar-refractivity contribution in [2.75, 3.05) is 13.2 Å². The Hall–Kier alpha value is -4.27. The summed E-state index contributed by atoms with van der Waals surface area (Å²) in [6.07, 6.45) is 4.92. The van der Waals surface area contributed by atoms with E-state index in [0.29, 0.717) is 5.57 Å². The number of nitrogens with zero attached hydrogens (tertiary/aromatic N) is 2. The maximum Gasteiger partial charge on any atom is 0.373 e. The van der Waals surface area contributed by atoms with Gasteiger partial charge < -0.3 is 18.9 Å². The molecule has 1 aromatic carbocycles. The quantitative estimate of drug-likeness (QED) is 0.0861. The smallest absolute Gasteiger partial charge is 0.373 e. The maximum atomic E-state index is 13.0. The van der Waals surface area contributed by atoms with Crippen LogP contribution in [0.15, 0.2) is 40.8 Å². The molecule has 17 heteroatoms. The van der Waals surface area contributed by atoms with Gasteiger partial charge in [0.15, 0.2) is 0 Å². The summed E-state index contributed by atoms with van der Waals surface area (Å²) in [6.45, 7) is 26.3. The second-order valence-electron chi connectivity index (χ2n) is 17.3. The van der Waals surface area contributed by atoms with Crippen LogP contribution in [0, 0.1) is 55.7 Å². The van der Waals surface area contributed by atoms with E-state index in [0.717, 1.165) is 36.1 Å². The molecule has 8 atom stereocenters. The average molecular weight is 895 g/mol. The van der Waals surface area contributed by atoms with E-state index in [1.54, 1.807) is 31.7 Å². The first-order chi connectivity index (χ1) is 29.0. The fraction of sp³-hybridized carbons (Fsp3) is 0.733. The second kappa shape index (κ2) is 28.4. The Morgan fingerprint density at radius 1 is 0.742 bits per heavy atom. The largest absolute Gasteiger partial charge is 0.466 e. The molecule has 3 rings (SSSR count). The summed E-state index contributed by atoms with van der Waals surface area (Å²) in [5.41, 5.74) is 0.839. The number of benzene rings is 1. The molecule has 2 unspecified atom stereocenters. The second-order valence-corrected chi connectivity index (χ2v) is 18.6. The summed E-state index contributed by atoms with van der Waals surface area (Å²) in [5, 5.41) is 23.6. The molecule has 0 heterocycles. The average Bonchev–Trinajstić information content (AvgIpc) is 3.19. The van der Waals surface area contributed by atoms with Gasteiger partial charge in [0.2, 0.25) is 12.1 Å². The van der Waals surface area contributed by atoms with Crippen molar-refractivity contribution in [3.63, 3.8) is 0 Å². The van der Waals surface area contributed by atoms with Crippen molar-refractivity contribution in [1.29, 1.82) is 0 Å². The van der Waals surface area contributed by atoms with Crippen LogP contribution in [0.4, 0.5) is 0 Å². The van der Waals surface area contributed by atoms with Crippen LogP contribution in [-0.4, -0.2) is 89.1 Å². The number of aryl methyl sites for hydroxylation is 1. The van der Waals surface area contributed by atoms with Crippen LogP contribution in [0.5, 0.6) is 0 Å². The number of esters is 2. The number of hydrogen-bond donors (Lipinski definition) is 0. The third-order valence-corrected chi connectivity index (χ3v) is 12.4. The Morgan fingerprint density at radius 3 is 1.60 bits per heavy atom. The predicted molar refractivity (Wildman–Crippen MR) is 231 cm³/mol. The van der Waals surface area contributed by atoms with Crippen molar-refractivity contribution in [2.24, 2.45) is 28.6 Å². The van der Waals surface area contributed by atoms with Gasteiger partial charge >= 0.3 is 24.2 Å². The lowest BCUT2D eigenvalue weighted by Crippen LogP contribution is -2.59. The molecule has 0 radical (unpaired) electrons. The molecule has 1 fully saturated rings. The highest BCUT2D eigenvalue weighted by molar-refractivity contribution is 8.00. The Balaban J connectivity index is 0.00000110. The van der Waals surface area contributed by atoms with Crippen LogP contribution in [-0.2, 0) is 47.7 Å². The normalized spacial score (nSPS) is 23.3. The molecule has 1 aromatic rings. The van der Waals surface area contributed by atoms with Gasteiger partial charge in [-0.3, -0.25) is 25.0 Å². The molecule has 0 aromatic heterocycles. The number of carbonyl (C=O) groups excluding carboxylic acids is 6. The minimum Gasteiger partial charge on any atom is -0.466 e. The summed E-state index contributed by atoms with van der Waals surface area (Å²) in [4.78, 5) is 82.1. The van der Waals surface area contributed by atoms with Crippen LogP contribution in [0.2, 0.25) is 0 Å². The SMILES string of the molecule is CCOC(=O)C1=C[C@@H](OC(CC)CC)[C@H](C(C)(C)C)C([N+](=O)[O-])C1.CCOC(=O)C1C[C@H]([N+](=O)[O-])[C@@H](C(C)(C)C)[C@H](OC(CC)CC)[C@@H]1Sc1ccc(C)cc1.O=C=O.O=C=O. The molecule has 0 aliphatic heterocycles. The lowest BCUT2D eigenvalue weighted by atomic mass is 9.65. The molecule has 2 aliphatic rings. The standard InChI is InChI=1S/C25H39NO5S.C18H31NO5.2CO2/c1-8-17(9-2)31-22-21(25(5,6)7)20(26(28)29)15-19(24(27)30-10-3)23(22)32-18-13-11-16(4)12-14-18;1-7-13(8-2)24-15-11-12(17(20)23-9-3)10-14(19(21)22)16(15)18(4,5)6;2*2-1-3/h11-14,17,19-23H,8-10,15H2,1-7H3;11,13-16H,7-10H2,1-6H3;;/t19?,20-,21+,22-,23+;14?,15-,16-;;/m01../s1. The highest BCUT2D eigenvalue weighted by atomic mass is 32.2. The van der Waals surface area contributed by atoms with Crippen LogP contribution in [0.1, 0.15) is 127 Å². The van der Waals surface area contributed by atoms with E-state index in [4.69, 9.17) is 38.1 Å². The zero-order valence-electron chi connectivity index (χ0n) is 38.8. The highest BCUT2D eigenvalue weighted by Crippen LogP contribution is 2.49. The van der Waals surface area contributed by atoms with Crippen LogP contribution < -0.4 is 0 Å². The van der Waals surface area contributed by atoms with Gasteiger partial charge in [-0.2, -0.15) is 19.2 Å². The maximum absolute atomic E-state index is 13.0. The molecular formula is C45H70N2O14S. The molecular weight excluding hydrogens is 825 g/mol. The first-order valence-corrected chi connectivity index (χ1v) is 22.2. The van der Waals surface area contributed by atoms with E-state index in [-0.39, 0.29) is 94.3 Å². The lowest BCUT2D eigenvalue weighted by molar-refractivity contribution is -0.544. The summed E-state index contributed by atoms with van der Waals surface area (Å²) in [5.74, 6) is -2.07. The number of thioether (sulfide) groups is 1. The molecule has 1 saturated carbocycles. The number of nitro groups is 2. The van der Waals surface area contributed by atoms with Crippen molar-refractivity contribution in [3.8, 4) is 0 Å². The summed E-state index contributed by atoms with van der Waals surface area (Å²) in [6, 6.07) is 6.46. The van der Waals surface area contributed by atoms with Crippen molar-refractivity contribution < 1.29 is 57.6 Å². The molecule has 62 heavy (non-hydrogen) atoms. The topological polar surface area (TPSA) is 226 Å². The fourth-order valence-electron chi connectivity index (χ4n) is 8.17. The summed E-state index contributed by atoms with van der Waals surface area (Å²) >= 11 is 1.59. The van der Waals surface area contributed by atoms with Crippen LogP contribution in [0.3, 0.4) is 0 Å². The van der Waals surface area contributed by atoms with Gasteiger partial charge in [0.25, 0.3) is 0 Å². The zero-order chi connectivity index (χ0) is 48.0. The van der Waals surface area contributed by atoms with Crippen LogP contribution in [0.25, 0.3) is 0 Å². The third-order valence-electron chi connectivity index (χ3n) is 11.0. The lowest BCUT2D eigenvalue weighted by Gasteiger charge is -2.48. The van der Waals surface area contributed by atoms with Gasteiger partial charge in [0.05, 0.1) is 55.4 Å². The van der Waals surface area contributed by atoms with Gasteiger partial charge in [-0.25, -0.2) is 4.79 Å². The minimum absolute atomic E-state index is 0.0145. The Bertz CT molecular complexity index is 1620. The molecule has 2 aliphatic carbocycles. The van der Waals surface area contributed by atoms with Crippen LogP contribution >= 0.6 is 11.8 Å². The van der Waals surface area contributed by atoms with Crippen molar-refractivity contribution >= 4 is 36.0 Å². The Morgan fingerprint density at radius 2 is 1.19 bits per heavy atom. The van der Waals surface area contributed by atoms with E-state index in [1.165, 1.54) is 0 Å². The van der Waals surface area contributed by atoms with E-state index in [2.05, 4.69) is 13.8 Å². The molecule has 0 saturated heterocycles. The van der Waals surface area contributed by atoms with Gasteiger partial charge in [0, 0.05) is 38.4 Å². The summed E-state index contributed by atoms with van der Waals surface area (Å²) < 4.78 is 23.3. The first kappa shape index (κ1) is 57.7. The monoisotopic (exact) mass is 894 g/mol. The highest BCUT2D eigenvalue weighted by Gasteiger charge is 2.57. The molecule has 0 bridgehead atoms. The zero-order valence-corrected chi connectivity index (χ0v) is 39.7. The van der Waals surface area contributed by atoms with Gasteiger partial charge in [-0.15, -0.1) is 11.8 Å². The number of rotatable bonds is 16. The first-order valence-electron chi connectivity index (χ1n) is 21.4. The Labute approximate surface area is 371 Å². The number of carbonyl (C=O) groups is 2. The van der Waals surface area contributed by atoms with Crippen molar-refractivity contribution in [3.05, 3.63) is 61.7 Å². The predicted octanol–water partition coefficient (Wildman–Crippen LogP) is 8.51. The molecule has 0 N–H and O–H groups in total. The number of ether oxygens (including phenoxy) is 4.